The van der Waals surface area contributed by atoms with Gasteiger partial charge in [0.25, 0.3) is 0 Å². The second kappa shape index (κ2) is 11.0. The molecule has 3 N–H and O–H groups in total. The van der Waals surface area contributed by atoms with E-state index >= 15 is 0 Å². The summed E-state index contributed by atoms with van der Waals surface area (Å²) in [7, 11) is -0.380. The first-order valence-corrected chi connectivity index (χ1v) is 14.7. The Hall–Kier alpha value is -5.66. The Morgan fingerprint density at radius 2 is 0.651 bits per heavy atom. The van der Waals surface area contributed by atoms with Gasteiger partial charge < -0.3 is 29.5 Å². The molecule has 7 rings (SSSR count). The van der Waals surface area contributed by atoms with Gasteiger partial charge in [-0.3, -0.25) is 0 Å². The van der Waals surface area contributed by atoms with Crippen molar-refractivity contribution in [2.75, 3.05) is 0 Å². The number of aromatic hydroxyl groups is 3. The fourth-order valence-electron chi connectivity index (χ4n) is 4.89. The van der Waals surface area contributed by atoms with Crippen molar-refractivity contribution in [3.63, 3.8) is 0 Å². The standard InChI is InChI=1S/C36H24O6S/c37-23-1-7-26(8-2-23)40-29-13-17-32(18-14-29)43-35-19-15-30(41-27-9-3-24(38)4-10-27)21-33(35)34-22-31(16-20-36(34)43)42-28-11-5-25(39)6-12-28/h1-22H,(H2-,37,38,39)/p+1. The first-order valence-electron chi connectivity index (χ1n) is 13.5. The van der Waals surface area contributed by atoms with Gasteiger partial charge in [0.1, 0.15) is 51.7 Å². The predicted molar refractivity (Wildman–Crippen MR) is 170 cm³/mol. The molecule has 7 aromatic rings. The van der Waals surface area contributed by atoms with Crippen LogP contribution in [-0.4, -0.2) is 15.3 Å². The molecule has 0 fully saturated rings. The van der Waals surface area contributed by atoms with Gasteiger partial charge in [-0.1, -0.05) is 0 Å². The average molecular weight is 586 g/mol. The van der Waals surface area contributed by atoms with Crippen LogP contribution < -0.4 is 14.2 Å². The predicted octanol–water partition coefficient (Wildman–Crippen LogP) is 10.2. The fraction of sp³-hybridized carbons (Fsp3) is 0. The SMILES string of the molecule is Oc1ccc(Oc2ccc(-[s+]3c4ccc(Oc5ccc(O)cc5)cc4c4cc(Oc5ccc(O)cc5)ccc43)cc2)cc1. The summed E-state index contributed by atoms with van der Waals surface area (Å²) in [4.78, 5) is 1.14. The maximum atomic E-state index is 9.65. The molecule has 1 aromatic heterocycles. The molecule has 210 valence electrons. The molecule has 0 unspecified atom stereocenters. The van der Waals surface area contributed by atoms with Gasteiger partial charge in [0.15, 0.2) is 14.3 Å². The van der Waals surface area contributed by atoms with Gasteiger partial charge in [0.05, 0.1) is 10.8 Å². The molecule has 0 aliphatic carbocycles. The number of rotatable bonds is 7. The number of phenols is 3. The molecule has 6 nitrogen and oxygen atoms in total. The van der Waals surface area contributed by atoms with Crippen molar-refractivity contribution in [1.82, 2.24) is 0 Å². The highest BCUT2D eigenvalue weighted by molar-refractivity contribution is 7.50. The van der Waals surface area contributed by atoms with Crippen LogP contribution in [0, 0.1) is 0 Å². The summed E-state index contributed by atoms with van der Waals surface area (Å²) >= 11 is 0. The zero-order valence-electron chi connectivity index (χ0n) is 22.7. The smallest absolute Gasteiger partial charge is 0.188 e. The van der Waals surface area contributed by atoms with E-state index in [1.165, 1.54) is 9.40 Å². The molecule has 43 heavy (non-hydrogen) atoms. The highest BCUT2D eigenvalue weighted by Gasteiger charge is 2.25. The van der Waals surface area contributed by atoms with Crippen molar-refractivity contribution in [2.45, 2.75) is 0 Å². The van der Waals surface area contributed by atoms with Gasteiger partial charge in [-0.15, -0.1) is 0 Å². The van der Waals surface area contributed by atoms with Crippen molar-refractivity contribution in [2.24, 2.45) is 0 Å². The topological polar surface area (TPSA) is 88.4 Å². The van der Waals surface area contributed by atoms with Gasteiger partial charge in [0.2, 0.25) is 0 Å². The number of hydrogen-bond donors (Lipinski definition) is 3. The summed E-state index contributed by atoms with van der Waals surface area (Å²) in [5, 5.41) is 30.9. The fourth-order valence-corrected chi connectivity index (χ4v) is 7.23. The molecular weight excluding hydrogens is 560 g/mol. The molecule has 7 heteroatoms. The number of phenolic OH excluding ortho intramolecular Hbond substituents is 3. The lowest BCUT2D eigenvalue weighted by atomic mass is 10.1. The van der Waals surface area contributed by atoms with Crippen LogP contribution in [-0.2, 0) is 0 Å². The summed E-state index contributed by atoms with van der Waals surface area (Å²) in [5.41, 5.74) is 0. The lowest BCUT2D eigenvalue weighted by molar-refractivity contribution is 0.464. The maximum absolute atomic E-state index is 9.65. The van der Waals surface area contributed by atoms with Gasteiger partial charge >= 0.3 is 0 Å². The molecule has 0 spiro atoms. The third kappa shape index (κ3) is 5.49. The summed E-state index contributed by atoms with van der Waals surface area (Å²) in [6, 6.07) is 40.2. The second-order valence-electron chi connectivity index (χ2n) is 9.88. The van der Waals surface area contributed by atoms with E-state index in [-0.39, 0.29) is 27.7 Å². The van der Waals surface area contributed by atoms with E-state index in [1.54, 1.807) is 72.8 Å². The Morgan fingerprint density at radius 1 is 0.349 bits per heavy atom. The first-order chi connectivity index (χ1) is 21.0. The van der Waals surface area contributed by atoms with E-state index in [4.69, 9.17) is 14.2 Å². The Kier molecular flexibility index (Phi) is 6.69. The summed E-state index contributed by atoms with van der Waals surface area (Å²) in [5.74, 6) is 4.52. The third-order valence-electron chi connectivity index (χ3n) is 6.91. The van der Waals surface area contributed by atoms with Crippen molar-refractivity contribution in [3.8, 4) is 56.6 Å². The van der Waals surface area contributed by atoms with E-state index in [9.17, 15) is 15.3 Å². The minimum Gasteiger partial charge on any atom is -0.508 e. The Labute approximate surface area is 249 Å². The number of benzene rings is 6. The quantitative estimate of drug-likeness (QED) is 0.161. The lowest BCUT2D eigenvalue weighted by Crippen LogP contribution is -1.84. The van der Waals surface area contributed by atoms with Crippen molar-refractivity contribution < 1.29 is 29.5 Å². The van der Waals surface area contributed by atoms with Crippen LogP contribution >= 0.6 is 10.5 Å². The molecule has 0 amide bonds. The monoisotopic (exact) mass is 585 g/mol. The van der Waals surface area contributed by atoms with Crippen LogP contribution in [0.2, 0.25) is 0 Å². The van der Waals surface area contributed by atoms with Crippen LogP contribution in [0.5, 0.6) is 51.7 Å². The number of ether oxygens (including phenoxy) is 3. The molecule has 0 saturated carbocycles. The molecule has 1 heterocycles. The normalized spacial score (nSPS) is 11.1. The summed E-state index contributed by atoms with van der Waals surface area (Å²) in [6.07, 6.45) is 0. The van der Waals surface area contributed by atoms with E-state index in [0.717, 1.165) is 15.7 Å². The van der Waals surface area contributed by atoms with E-state index in [1.807, 2.05) is 36.4 Å². The number of thiophene rings is 1. The third-order valence-corrected chi connectivity index (χ3v) is 9.24. The number of hydrogen-bond acceptors (Lipinski definition) is 6. The number of fused-ring (bicyclic) bond motifs is 3. The van der Waals surface area contributed by atoms with E-state index in [0.29, 0.717) is 34.5 Å². The lowest BCUT2D eigenvalue weighted by Gasteiger charge is -2.06. The van der Waals surface area contributed by atoms with Gasteiger partial charge in [-0.25, -0.2) is 0 Å². The molecule has 0 bridgehead atoms. The highest BCUT2D eigenvalue weighted by Crippen LogP contribution is 2.50. The zero-order chi connectivity index (χ0) is 29.3. The van der Waals surface area contributed by atoms with Crippen molar-refractivity contribution in [3.05, 3.63) is 133 Å². The first kappa shape index (κ1) is 26.3. The van der Waals surface area contributed by atoms with Crippen LogP contribution in [0.3, 0.4) is 0 Å². The van der Waals surface area contributed by atoms with Gasteiger partial charge in [-0.2, -0.15) is 0 Å². The molecular formula is C36H25O6S+. The minimum absolute atomic E-state index is 0.180. The summed E-state index contributed by atoms with van der Waals surface area (Å²) in [6.45, 7) is 0. The maximum Gasteiger partial charge on any atom is 0.188 e. The molecule has 6 aromatic carbocycles. The van der Waals surface area contributed by atoms with Crippen LogP contribution in [0.1, 0.15) is 0 Å². The van der Waals surface area contributed by atoms with Crippen LogP contribution in [0.4, 0.5) is 0 Å². The summed E-state index contributed by atoms with van der Waals surface area (Å²) < 4.78 is 20.6. The molecule has 0 atom stereocenters. The van der Waals surface area contributed by atoms with Crippen molar-refractivity contribution >= 4 is 30.6 Å². The van der Waals surface area contributed by atoms with E-state index in [2.05, 4.69) is 24.3 Å². The zero-order valence-corrected chi connectivity index (χ0v) is 23.5. The molecule has 0 radical (unpaired) electrons. The van der Waals surface area contributed by atoms with Crippen molar-refractivity contribution in [1.29, 1.82) is 0 Å². The largest absolute Gasteiger partial charge is 0.508 e. The highest BCUT2D eigenvalue weighted by atomic mass is 32.2. The van der Waals surface area contributed by atoms with Gasteiger partial charge in [-0.05, 0) is 109 Å². The molecule has 0 aliphatic heterocycles. The Morgan fingerprint density at radius 3 is 1.02 bits per heavy atom. The second-order valence-corrected chi connectivity index (χ2v) is 11.8. The average Bonchev–Trinajstić information content (AvgIpc) is 3.34. The Balaban J connectivity index is 1.30. The van der Waals surface area contributed by atoms with Crippen LogP contribution in [0.15, 0.2) is 133 Å². The molecule has 0 saturated heterocycles. The minimum atomic E-state index is -0.380. The Bertz CT molecular complexity index is 1940. The van der Waals surface area contributed by atoms with Crippen LogP contribution in [0.25, 0.3) is 25.1 Å². The van der Waals surface area contributed by atoms with Gasteiger partial charge in [0, 0.05) is 34.7 Å². The molecule has 0 aliphatic rings. The van der Waals surface area contributed by atoms with E-state index < -0.39 is 0 Å².